The van der Waals surface area contributed by atoms with E-state index in [1.165, 1.54) is 38.5 Å². The van der Waals surface area contributed by atoms with Crippen LogP contribution in [0.1, 0.15) is 80.1 Å². The maximum atomic E-state index is 11.9. The third-order valence-corrected chi connectivity index (χ3v) is 12.4. The van der Waals surface area contributed by atoms with Crippen molar-refractivity contribution in [2.24, 2.45) is 0 Å². The van der Waals surface area contributed by atoms with Gasteiger partial charge in [0.2, 0.25) is 0 Å². The van der Waals surface area contributed by atoms with Crippen molar-refractivity contribution >= 4 is 12.8 Å². The van der Waals surface area contributed by atoms with E-state index in [4.69, 9.17) is 4.52 Å². The second kappa shape index (κ2) is 9.03. The Bertz CT molecular complexity index is 262. The Balaban J connectivity index is 5.57. The second-order valence-corrected chi connectivity index (χ2v) is 12.6. The van der Waals surface area contributed by atoms with Crippen molar-refractivity contribution in [3.8, 4) is 0 Å². The Morgan fingerprint density at radius 1 is 0.900 bits per heavy atom. The van der Waals surface area contributed by atoms with Crippen LogP contribution in [-0.2, 0) is 9.32 Å². The van der Waals surface area contributed by atoms with Crippen molar-refractivity contribution in [2.45, 2.75) is 85.7 Å². The molecule has 0 aromatic rings. The molecule has 0 N–H and O–H groups in total. The third-order valence-electron chi connectivity index (χ3n) is 4.83. The summed E-state index contributed by atoms with van der Waals surface area (Å²) in [6.07, 6.45) is 10.5. The zero-order chi connectivity index (χ0) is 15.7. The molecule has 0 saturated heterocycles. The first-order valence-corrected chi connectivity index (χ1v) is 11.4. The van der Waals surface area contributed by atoms with Crippen molar-refractivity contribution < 1.29 is 9.32 Å². The van der Waals surface area contributed by atoms with Crippen molar-refractivity contribution in [2.75, 3.05) is 18.5 Å². The quantitative estimate of drug-likeness (QED) is 0.449. The summed E-state index contributed by atoms with van der Waals surface area (Å²) >= 11 is 0. The van der Waals surface area contributed by atoms with Crippen LogP contribution in [0.15, 0.2) is 0 Å². The normalized spacial score (nSPS) is 14.1. The van der Waals surface area contributed by atoms with Gasteiger partial charge in [-0.15, -0.1) is 0 Å². The molecule has 122 valence electrons. The van der Waals surface area contributed by atoms with E-state index < -0.39 is 6.83 Å². The zero-order valence-electron chi connectivity index (χ0n) is 14.7. The molecule has 0 radical (unpaired) electrons. The standard InChI is InChI=1S/C17H37O2P/c1-7-10-13-20(16(4)5,14-11-8-2,15-12-9-3)19-17(6)18/h16H,7-15H2,1-6H3. The van der Waals surface area contributed by atoms with Crippen LogP contribution in [0.5, 0.6) is 0 Å². The molecule has 0 unspecified atom stereocenters. The maximum absolute atomic E-state index is 11.9. The molecule has 0 aromatic heterocycles. The number of hydrogen-bond acceptors (Lipinski definition) is 2. The van der Waals surface area contributed by atoms with Crippen molar-refractivity contribution in [3.63, 3.8) is 0 Å². The number of carbonyl (C=O) groups excluding carboxylic acids is 1. The van der Waals surface area contributed by atoms with Gasteiger partial charge in [0, 0.05) is 0 Å². The summed E-state index contributed by atoms with van der Waals surface area (Å²) in [4.78, 5) is 11.9. The molecule has 0 heterocycles. The van der Waals surface area contributed by atoms with Gasteiger partial charge in [-0.05, 0) is 0 Å². The van der Waals surface area contributed by atoms with Crippen molar-refractivity contribution in [1.82, 2.24) is 0 Å². The Kier molecular flexibility index (Phi) is 8.98. The molecule has 20 heavy (non-hydrogen) atoms. The Morgan fingerprint density at radius 3 is 1.45 bits per heavy atom. The molecule has 0 aliphatic heterocycles. The molecular formula is C17H37O2P. The Morgan fingerprint density at radius 2 is 1.25 bits per heavy atom. The number of carbonyl (C=O) groups is 1. The van der Waals surface area contributed by atoms with Crippen LogP contribution in [0.3, 0.4) is 0 Å². The van der Waals surface area contributed by atoms with Gasteiger partial charge in [-0.1, -0.05) is 0 Å². The summed E-state index contributed by atoms with van der Waals surface area (Å²) in [5.74, 6) is -0.0559. The van der Waals surface area contributed by atoms with E-state index in [2.05, 4.69) is 34.6 Å². The van der Waals surface area contributed by atoms with Gasteiger partial charge >= 0.3 is 126 Å². The van der Waals surface area contributed by atoms with Gasteiger partial charge < -0.3 is 0 Å². The van der Waals surface area contributed by atoms with Crippen LogP contribution in [0.2, 0.25) is 0 Å². The van der Waals surface area contributed by atoms with E-state index in [1.807, 2.05) is 0 Å². The monoisotopic (exact) mass is 304 g/mol. The predicted octanol–water partition coefficient (Wildman–Crippen LogP) is 5.83. The molecule has 0 saturated carbocycles. The van der Waals surface area contributed by atoms with E-state index in [0.29, 0.717) is 5.66 Å². The molecule has 0 aromatic carbocycles. The number of hydrogen-bond donors (Lipinski definition) is 0. The van der Waals surface area contributed by atoms with E-state index in [9.17, 15) is 4.79 Å². The van der Waals surface area contributed by atoms with Gasteiger partial charge in [0.25, 0.3) is 0 Å². The molecule has 2 nitrogen and oxygen atoms in total. The van der Waals surface area contributed by atoms with Gasteiger partial charge in [0.1, 0.15) is 0 Å². The molecule has 0 atom stereocenters. The molecule has 0 fully saturated rings. The van der Waals surface area contributed by atoms with E-state index >= 15 is 0 Å². The summed E-state index contributed by atoms with van der Waals surface area (Å²) in [6, 6.07) is 0. The molecular weight excluding hydrogens is 267 g/mol. The van der Waals surface area contributed by atoms with Gasteiger partial charge in [0.05, 0.1) is 0 Å². The second-order valence-electron chi connectivity index (χ2n) is 6.62. The first kappa shape index (κ1) is 19.9. The van der Waals surface area contributed by atoms with Crippen LogP contribution < -0.4 is 0 Å². The van der Waals surface area contributed by atoms with Crippen LogP contribution in [0, 0.1) is 0 Å². The first-order chi connectivity index (χ1) is 9.36. The topological polar surface area (TPSA) is 26.3 Å². The van der Waals surface area contributed by atoms with Crippen molar-refractivity contribution in [1.29, 1.82) is 0 Å². The van der Waals surface area contributed by atoms with Crippen molar-refractivity contribution in [3.05, 3.63) is 0 Å². The minimum atomic E-state index is -2.39. The average molecular weight is 304 g/mol. The van der Waals surface area contributed by atoms with Crippen LogP contribution in [0.25, 0.3) is 0 Å². The Labute approximate surface area is 127 Å². The van der Waals surface area contributed by atoms with Gasteiger partial charge in [0.15, 0.2) is 0 Å². The molecule has 3 heteroatoms. The summed E-state index contributed by atoms with van der Waals surface area (Å²) in [7, 11) is 0. The average Bonchev–Trinajstić information content (AvgIpc) is 2.40. The van der Waals surface area contributed by atoms with Crippen LogP contribution in [0.4, 0.5) is 0 Å². The fraction of sp³-hybridized carbons (Fsp3) is 0.941. The third kappa shape index (κ3) is 5.02. The van der Waals surface area contributed by atoms with Gasteiger partial charge in [-0.25, -0.2) is 0 Å². The van der Waals surface area contributed by atoms with Crippen LogP contribution in [-0.4, -0.2) is 30.1 Å². The fourth-order valence-corrected chi connectivity index (χ4v) is 9.94. The summed E-state index contributed by atoms with van der Waals surface area (Å²) < 4.78 is 6.28. The molecule has 0 spiro atoms. The SMILES string of the molecule is CCCCP(CCCC)(CCCC)(OC(C)=O)C(C)C. The number of rotatable bonds is 11. The molecule has 0 bridgehead atoms. The summed E-state index contributed by atoms with van der Waals surface area (Å²) in [5, 5.41) is 0. The molecule has 0 aliphatic rings. The minimum absolute atomic E-state index is 0.0559. The zero-order valence-corrected chi connectivity index (χ0v) is 15.6. The summed E-state index contributed by atoms with van der Waals surface area (Å²) in [5.41, 5.74) is 0.495. The van der Waals surface area contributed by atoms with E-state index in [1.54, 1.807) is 6.92 Å². The number of unbranched alkanes of at least 4 members (excludes halogenated alkanes) is 3. The van der Waals surface area contributed by atoms with Gasteiger partial charge in [-0.2, -0.15) is 0 Å². The molecule has 0 amide bonds. The fourth-order valence-electron chi connectivity index (χ4n) is 3.31. The van der Waals surface area contributed by atoms with Crippen LogP contribution >= 0.6 is 6.83 Å². The molecule has 0 aliphatic carbocycles. The Hall–Kier alpha value is -0.100. The van der Waals surface area contributed by atoms with Gasteiger partial charge in [-0.3, -0.25) is 0 Å². The van der Waals surface area contributed by atoms with E-state index in [-0.39, 0.29) is 5.97 Å². The summed E-state index contributed by atoms with van der Waals surface area (Å²) in [6.45, 7) is 10.5. The first-order valence-electron chi connectivity index (χ1n) is 8.57. The predicted molar refractivity (Wildman–Crippen MR) is 93.1 cm³/mol. The molecule has 0 rings (SSSR count). The van der Waals surface area contributed by atoms with E-state index in [0.717, 1.165) is 18.5 Å².